The summed E-state index contributed by atoms with van der Waals surface area (Å²) in [5.74, 6) is 2.47. The summed E-state index contributed by atoms with van der Waals surface area (Å²) in [6.07, 6.45) is 3.15. The number of tetrazole rings is 1. The summed E-state index contributed by atoms with van der Waals surface area (Å²) in [6, 6.07) is 8.71. The van der Waals surface area contributed by atoms with Crippen LogP contribution in [0.5, 0.6) is 11.5 Å². The lowest BCUT2D eigenvalue weighted by Gasteiger charge is -2.37. The molecular formula is C21H27N5O2S. The van der Waals surface area contributed by atoms with Crippen LogP contribution in [-0.4, -0.2) is 45.9 Å². The quantitative estimate of drug-likeness (QED) is 0.561. The molecule has 154 valence electrons. The Morgan fingerprint density at radius 3 is 2.76 bits per heavy atom. The van der Waals surface area contributed by atoms with Gasteiger partial charge in [-0.05, 0) is 58.0 Å². The minimum absolute atomic E-state index is 0.148. The normalized spacial score (nSPS) is 16.6. The standard InChI is InChI=1S/C21H27N5O2S/c1-4-5-9-26-20(22-23-24-26)14-25-10-8-15-12-17(27-2)18(28-3)13-16(15)21(25)19-7-6-11-29-19/h6-7,11-13,21H,4-5,8-10,14H2,1-3H3. The number of fused-ring (bicyclic) bond motifs is 1. The summed E-state index contributed by atoms with van der Waals surface area (Å²) >= 11 is 1.78. The van der Waals surface area contributed by atoms with Crippen molar-refractivity contribution >= 4 is 11.3 Å². The number of nitrogens with zero attached hydrogens (tertiary/aromatic N) is 5. The Hall–Kier alpha value is -2.45. The van der Waals surface area contributed by atoms with Gasteiger partial charge in [-0.2, -0.15) is 0 Å². The molecule has 0 saturated heterocycles. The van der Waals surface area contributed by atoms with E-state index in [2.05, 4.69) is 57.0 Å². The SMILES string of the molecule is CCCCn1nnnc1CN1CCc2cc(OC)c(OC)cc2C1c1cccs1. The van der Waals surface area contributed by atoms with E-state index in [1.165, 1.54) is 16.0 Å². The zero-order valence-electron chi connectivity index (χ0n) is 17.2. The minimum Gasteiger partial charge on any atom is -0.493 e. The molecule has 0 amide bonds. The lowest BCUT2D eigenvalue weighted by Crippen LogP contribution is -2.36. The number of benzene rings is 1. The first-order chi connectivity index (χ1) is 14.2. The van der Waals surface area contributed by atoms with Gasteiger partial charge in [0, 0.05) is 18.0 Å². The van der Waals surface area contributed by atoms with Crippen LogP contribution in [0.15, 0.2) is 29.6 Å². The maximum Gasteiger partial charge on any atom is 0.165 e. The number of thiophene rings is 1. The van der Waals surface area contributed by atoms with Crippen molar-refractivity contribution in [3.8, 4) is 11.5 Å². The van der Waals surface area contributed by atoms with Gasteiger partial charge in [-0.15, -0.1) is 16.4 Å². The molecule has 0 bridgehead atoms. The van der Waals surface area contributed by atoms with Gasteiger partial charge in [0.05, 0.1) is 26.8 Å². The monoisotopic (exact) mass is 413 g/mol. The van der Waals surface area contributed by atoms with Crippen molar-refractivity contribution in [1.29, 1.82) is 0 Å². The number of methoxy groups -OCH3 is 2. The van der Waals surface area contributed by atoms with Crippen molar-refractivity contribution < 1.29 is 9.47 Å². The molecule has 0 saturated carbocycles. The first-order valence-electron chi connectivity index (χ1n) is 10.0. The maximum atomic E-state index is 5.60. The highest BCUT2D eigenvalue weighted by molar-refractivity contribution is 7.10. The van der Waals surface area contributed by atoms with Gasteiger partial charge in [-0.25, -0.2) is 4.68 Å². The summed E-state index contributed by atoms with van der Waals surface area (Å²) < 4.78 is 13.1. The highest BCUT2D eigenvalue weighted by Crippen LogP contribution is 2.42. The van der Waals surface area contributed by atoms with Crippen LogP contribution >= 0.6 is 11.3 Å². The predicted molar refractivity (Wildman–Crippen MR) is 113 cm³/mol. The van der Waals surface area contributed by atoms with Crippen LogP contribution in [0.2, 0.25) is 0 Å². The first kappa shape index (κ1) is 19.8. The van der Waals surface area contributed by atoms with Gasteiger partial charge in [0.15, 0.2) is 17.3 Å². The molecular weight excluding hydrogens is 386 g/mol. The van der Waals surface area contributed by atoms with Crippen molar-refractivity contribution in [2.24, 2.45) is 0 Å². The van der Waals surface area contributed by atoms with E-state index < -0.39 is 0 Å². The number of aromatic nitrogens is 4. The van der Waals surface area contributed by atoms with Gasteiger partial charge in [0.1, 0.15) is 0 Å². The van der Waals surface area contributed by atoms with Crippen LogP contribution in [0.3, 0.4) is 0 Å². The minimum atomic E-state index is 0.148. The number of aryl methyl sites for hydroxylation is 1. The van der Waals surface area contributed by atoms with E-state index in [1.54, 1.807) is 25.6 Å². The van der Waals surface area contributed by atoms with Crippen molar-refractivity contribution in [3.05, 3.63) is 51.5 Å². The molecule has 8 heteroatoms. The van der Waals surface area contributed by atoms with E-state index in [1.807, 2.05) is 4.68 Å². The molecule has 0 aliphatic carbocycles. The molecule has 1 aromatic carbocycles. The van der Waals surface area contributed by atoms with Crippen LogP contribution in [0.1, 0.15) is 47.6 Å². The fraction of sp³-hybridized carbons (Fsp3) is 0.476. The zero-order chi connectivity index (χ0) is 20.2. The molecule has 1 aliphatic heterocycles. The van der Waals surface area contributed by atoms with E-state index in [0.717, 1.165) is 49.7 Å². The van der Waals surface area contributed by atoms with E-state index in [0.29, 0.717) is 6.54 Å². The summed E-state index contributed by atoms with van der Waals surface area (Å²) in [5, 5.41) is 14.6. The summed E-state index contributed by atoms with van der Waals surface area (Å²) in [7, 11) is 3.37. The molecule has 3 aromatic rings. The van der Waals surface area contributed by atoms with Crippen LogP contribution in [0.4, 0.5) is 0 Å². The number of hydrogen-bond acceptors (Lipinski definition) is 7. The number of unbranched alkanes of at least 4 members (excludes halogenated alkanes) is 1. The van der Waals surface area contributed by atoms with E-state index in [4.69, 9.17) is 9.47 Å². The second-order valence-corrected chi connectivity index (χ2v) is 8.20. The molecule has 1 aliphatic rings. The molecule has 1 atom stereocenters. The fourth-order valence-electron chi connectivity index (χ4n) is 3.95. The Balaban J connectivity index is 1.70. The van der Waals surface area contributed by atoms with Crippen molar-refractivity contribution in [3.63, 3.8) is 0 Å². The molecule has 0 fully saturated rings. The van der Waals surface area contributed by atoms with Crippen molar-refractivity contribution in [2.75, 3.05) is 20.8 Å². The zero-order valence-corrected chi connectivity index (χ0v) is 18.0. The Labute approximate surface area is 175 Å². The lowest BCUT2D eigenvalue weighted by molar-refractivity contribution is 0.197. The van der Waals surface area contributed by atoms with E-state index in [9.17, 15) is 0 Å². The highest BCUT2D eigenvalue weighted by Gasteiger charge is 2.32. The third-order valence-corrected chi connectivity index (χ3v) is 6.38. The summed E-state index contributed by atoms with van der Waals surface area (Å²) in [6.45, 7) is 4.69. The average Bonchev–Trinajstić information content (AvgIpc) is 3.43. The molecule has 0 spiro atoms. The molecule has 2 aromatic heterocycles. The second kappa shape index (κ2) is 8.92. The van der Waals surface area contributed by atoms with Gasteiger partial charge in [0.2, 0.25) is 0 Å². The maximum absolute atomic E-state index is 5.60. The average molecular weight is 414 g/mol. The Bertz CT molecular complexity index is 941. The van der Waals surface area contributed by atoms with Gasteiger partial charge >= 0.3 is 0 Å². The van der Waals surface area contributed by atoms with Crippen molar-refractivity contribution in [1.82, 2.24) is 25.1 Å². The molecule has 29 heavy (non-hydrogen) atoms. The Morgan fingerprint density at radius 2 is 2.03 bits per heavy atom. The molecule has 1 unspecified atom stereocenters. The topological polar surface area (TPSA) is 65.3 Å². The Morgan fingerprint density at radius 1 is 1.21 bits per heavy atom. The molecule has 0 radical (unpaired) electrons. The van der Waals surface area contributed by atoms with Gasteiger partial charge in [-0.3, -0.25) is 4.90 Å². The van der Waals surface area contributed by atoms with Crippen LogP contribution in [0, 0.1) is 0 Å². The highest BCUT2D eigenvalue weighted by atomic mass is 32.1. The summed E-state index contributed by atoms with van der Waals surface area (Å²) in [4.78, 5) is 3.78. The second-order valence-electron chi connectivity index (χ2n) is 7.22. The number of ether oxygens (including phenoxy) is 2. The Kier molecular flexibility index (Phi) is 6.10. The third-order valence-electron chi connectivity index (χ3n) is 5.46. The van der Waals surface area contributed by atoms with Crippen LogP contribution in [0.25, 0.3) is 0 Å². The molecule has 3 heterocycles. The van der Waals surface area contributed by atoms with Crippen molar-refractivity contribution in [2.45, 2.75) is 45.3 Å². The summed E-state index contributed by atoms with van der Waals surface area (Å²) in [5.41, 5.74) is 2.58. The largest absolute Gasteiger partial charge is 0.493 e. The molecule has 4 rings (SSSR count). The number of rotatable bonds is 8. The lowest BCUT2D eigenvalue weighted by atomic mass is 9.91. The predicted octanol–water partition coefficient (Wildman–Crippen LogP) is 3.70. The molecule has 0 N–H and O–H groups in total. The van der Waals surface area contributed by atoms with E-state index in [-0.39, 0.29) is 6.04 Å². The van der Waals surface area contributed by atoms with E-state index >= 15 is 0 Å². The number of hydrogen-bond donors (Lipinski definition) is 0. The third kappa shape index (κ3) is 4.00. The van der Waals surface area contributed by atoms with Gasteiger partial charge < -0.3 is 9.47 Å². The first-order valence-corrected chi connectivity index (χ1v) is 10.9. The molecule has 7 nitrogen and oxygen atoms in total. The fourth-order valence-corrected chi connectivity index (χ4v) is 4.82. The smallest absolute Gasteiger partial charge is 0.165 e. The van der Waals surface area contributed by atoms with Crippen LogP contribution in [-0.2, 0) is 19.5 Å². The van der Waals surface area contributed by atoms with Crippen LogP contribution < -0.4 is 9.47 Å². The van der Waals surface area contributed by atoms with Gasteiger partial charge in [0.25, 0.3) is 0 Å². The van der Waals surface area contributed by atoms with Gasteiger partial charge in [-0.1, -0.05) is 19.4 Å².